The second-order valence-corrected chi connectivity index (χ2v) is 8.32. The lowest BCUT2D eigenvalue weighted by Crippen LogP contribution is -2.32. The van der Waals surface area contributed by atoms with E-state index in [2.05, 4.69) is 11.4 Å². The first kappa shape index (κ1) is 22.8. The van der Waals surface area contributed by atoms with Gasteiger partial charge in [-0.15, -0.1) is 12.4 Å². The van der Waals surface area contributed by atoms with Gasteiger partial charge < -0.3 is 10.2 Å². The molecule has 0 radical (unpaired) electrons. The Bertz CT molecular complexity index is 929. The van der Waals surface area contributed by atoms with Gasteiger partial charge in [-0.2, -0.15) is 0 Å². The third-order valence-electron chi connectivity index (χ3n) is 5.91. The molecule has 2 heterocycles. The second kappa shape index (κ2) is 10.4. The van der Waals surface area contributed by atoms with Gasteiger partial charge in [0.1, 0.15) is 0 Å². The first-order valence-electron chi connectivity index (χ1n) is 10.6. The summed E-state index contributed by atoms with van der Waals surface area (Å²) >= 11 is 6.17. The normalized spacial score (nSPS) is 14.4. The summed E-state index contributed by atoms with van der Waals surface area (Å²) in [5, 5.41) is 4.26. The van der Waals surface area contributed by atoms with Gasteiger partial charge in [-0.3, -0.25) is 9.59 Å². The molecule has 0 bridgehead atoms. The van der Waals surface area contributed by atoms with Crippen molar-refractivity contribution < 1.29 is 9.59 Å². The number of nitrogens with one attached hydrogen (secondary N) is 1. The molecule has 0 spiro atoms. The van der Waals surface area contributed by atoms with Crippen molar-refractivity contribution in [3.05, 3.63) is 63.7 Å². The molecule has 0 fully saturated rings. The number of unbranched alkanes of at least 4 members (excludes halogenated alkanes) is 1. The average Bonchev–Trinajstić information content (AvgIpc) is 3.16. The molecular formula is C24H28Cl2N2O2. The van der Waals surface area contributed by atoms with Crippen molar-refractivity contribution in [3.63, 3.8) is 0 Å². The zero-order chi connectivity index (χ0) is 20.2. The molecule has 0 aliphatic carbocycles. The van der Waals surface area contributed by atoms with Crippen LogP contribution in [0.15, 0.2) is 36.4 Å². The standard InChI is InChI=1S/C24H27ClN2O2.ClH/c25-21-6-2-1-5-17(21)10-13-26-12-4-3-7-22(28)20-15-18-8-9-23(29)27-14-11-19(16-20)24(18)27;/h1-2,5-6,15-16,26H,3-4,7-14H2;1H. The molecule has 0 atom stereocenters. The van der Waals surface area contributed by atoms with E-state index in [1.165, 1.54) is 11.1 Å². The molecule has 2 aromatic carbocycles. The molecule has 1 N–H and O–H groups in total. The summed E-state index contributed by atoms with van der Waals surface area (Å²) in [7, 11) is 0. The van der Waals surface area contributed by atoms with Crippen LogP contribution >= 0.6 is 24.0 Å². The smallest absolute Gasteiger partial charge is 0.227 e. The molecule has 2 aliphatic rings. The number of hydrogen-bond donors (Lipinski definition) is 1. The number of halogens is 2. The molecule has 0 unspecified atom stereocenters. The van der Waals surface area contributed by atoms with Crippen LogP contribution in [0.1, 0.15) is 52.7 Å². The molecule has 0 aromatic heterocycles. The first-order valence-corrected chi connectivity index (χ1v) is 10.9. The minimum Gasteiger partial charge on any atom is -0.316 e. The molecule has 0 saturated heterocycles. The van der Waals surface area contributed by atoms with Crippen molar-refractivity contribution in [2.45, 2.75) is 44.9 Å². The van der Waals surface area contributed by atoms with E-state index in [4.69, 9.17) is 11.6 Å². The molecular weight excluding hydrogens is 419 g/mol. The highest BCUT2D eigenvalue weighted by atomic mass is 35.5. The van der Waals surface area contributed by atoms with E-state index in [1.807, 2.05) is 35.2 Å². The van der Waals surface area contributed by atoms with Crippen molar-refractivity contribution in [2.75, 3.05) is 24.5 Å². The summed E-state index contributed by atoms with van der Waals surface area (Å²) in [5.74, 6) is 0.438. The molecule has 30 heavy (non-hydrogen) atoms. The van der Waals surface area contributed by atoms with Gasteiger partial charge in [0.2, 0.25) is 5.91 Å². The number of rotatable bonds is 9. The summed E-state index contributed by atoms with van der Waals surface area (Å²) in [4.78, 5) is 26.6. The van der Waals surface area contributed by atoms with E-state index in [0.717, 1.165) is 73.6 Å². The van der Waals surface area contributed by atoms with Crippen LogP contribution in [0.25, 0.3) is 0 Å². The number of benzene rings is 2. The number of amides is 1. The van der Waals surface area contributed by atoms with E-state index < -0.39 is 0 Å². The van der Waals surface area contributed by atoms with Crippen LogP contribution in [0.4, 0.5) is 5.69 Å². The van der Waals surface area contributed by atoms with Crippen LogP contribution in [0.3, 0.4) is 0 Å². The third-order valence-corrected chi connectivity index (χ3v) is 6.28. The molecule has 4 nitrogen and oxygen atoms in total. The van der Waals surface area contributed by atoms with E-state index >= 15 is 0 Å². The monoisotopic (exact) mass is 446 g/mol. The Morgan fingerprint density at radius 1 is 1.03 bits per heavy atom. The van der Waals surface area contributed by atoms with Crippen molar-refractivity contribution in [1.82, 2.24) is 5.32 Å². The molecule has 6 heteroatoms. The molecule has 0 saturated carbocycles. The van der Waals surface area contributed by atoms with Gasteiger partial charge >= 0.3 is 0 Å². The lowest BCUT2D eigenvalue weighted by molar-refractivity contribution is -0.118. The zero-order valence-electron chi connectivity index (χ0n) is 17.1. The van der Waals surface area contributed by atoms with E-state index in [1.54, 1.807) is 0 Å². The molecule has 160 valence electrons. The Balaban J connectivity index is 0.00000256. The van der Waals surface area contributed by atoms with E-state index in [0.29, 0.717) is 12.8 Å². The molecule has 4 rings (SSSR count). The van der Waals surface area contributed by atoms with Gasteiger partial charge in [-0.1, -0.05) is 29.8 Å². The number of carbonyl (C=O) groups excluding carboxylic acids is 2. The van der Waals surface area contributed by atoms with Crippen LogP contribution in [0, 0.1) is 0 Å². The van der Waals surface area contributed by atoms with Crippen LogP contribution in [-0.2, 0) is 24.1 Å². The highest BCUT2D eigenvalue weighted by Crippen LogP contribution is 2.37. The number of Topliss-reactive ketones (excluding diaryl/α,β-unsaturated/α-hetero) is 1. The lowest BCUT2D eigenvalue weighted by atomic mass is 9.94. The van der Waals surface area contributed by atoms with Gasteiger partial charge in [0.05, 0.1) is 5.69 Å². The van der Waals surface area contributed by atoms with Crippen molar-refractivity contribution in [3.8, 4) is 0 Å². The van der Waals surface area contributed by atoms with Crippen molar-refractivity contribution in [2.24, 2.45) is 0 Å². The number of anilines is 1. The number of aryl methyl sites for hydroxylation is 1. The van der Waals surface area contributed by atoms with Gasteiger partial charge in [0.25, 0.3) is 0 Å². The summed E-state index contributed by atoms with van der Waals surface area (Å²) in [6.07, 6.45) is 5.54. The van der Waals surface area contributed by atoms with Gasteiger partial charge in [0.15, 0.2) is 5.78 Å². The zero-order valence-corrected chi connectivity index (χ0v) is 18.7. The van der Waals surface area contributed by atoms with Gasteiger partial charge in [-0.05, 0) is 80.1 Å². The van der Waals surface area contributed by atoms with Crippen LogP contribution in [-0.4, -0.2) is 31.3 Å². The van der Waals surface area contributed by atoms with Crippen molar-refractivity contribution in [1.29, 1.82) is 0 Å². The summed E-state index contributed by atoms with van der Waals surface area (Å²) in [5.41, 5.74) is 5.41. The number of nitrogens with zero attached hydrogens (tertiary/aromatic N) is 1. The maximum absolute atomic E-state index is 12.7. The van der Waals surface area contributed by atoms with Crippen LogP contribution < -0.4 is 10.2 Å². The fourth-order valence-electron chi connectivity index (χ4n) is 4.35. The summed E-state index contributed by atoms with van der Waals surface area (Å²) < 4.78 is 0. The maximum Gasteiger partial charge on any atom is 0.227 e. The topological polar surface area (TPSA) is 49.4 Å². The maximum atomic E-state index is 12.7. The SMILES string of the molecule is Cl.O=C(CCCCNCCc1ccccc1Cl)c1cc2c3c(c1)CCN3C(=O)CC2. The first-order chi connectivity index (χ1) is 14.1. The Hall–Kier alpha value is -1.88. The Morgan fingerprint density at radius 3 is 2.60 bits per heavy atom. The van der Waals surface area contributed by atoms with Crippen molar-refractivity contribution >= 4 is 41.4 Å². The number of carbonyl (C=O) groups is 2. The average molecular weight is 447 g/mol. The largest absolute Gasteiger partial charge is 0.316 e. The minimum atomic E-state index is 0. The van der Waals surface area contributed by atoms with Gasteiger partial charge in [-0.25, -0.2) is 0 Å². The number of hydrogen-bond acceptors (Lipinski definition) is 3. The minimum absolute atomic E-state index is 0. The predicted molar refractivity (Wildman–Crippen MR) is 124 cm³/mol. The Morgan fingerprint density at radius 2 is 1.80 bits per heavy atom. The summed E-state index contributed by atoms with van der Waals surface area (Å²) in [6.45, 7) is 2.56. The van der Waals surface area contributed by atoms with E-state index in [9.17, 15) is 9.59 Å². The fourth-order valence-corrected chi connectivity index (χ4v) is 4.58. The third kappa shape index (κ3) is 5.05. The quantitative estimate of drug-likeness (QED) is 0.445. The predicted octanol–water partition coefficient (Wildman–Crippen LogP) is 4.78. The molecule has 1 amide bonds. The second-order valence-electron chi connectivity index (χ2n) is 7.91. The molecule has 2 aliphatic heterocycles. The lowest BCUT2D eigenvalue weighted by Gasteiger charge is -2.25. The van der Waals surface area contributed by atoms with Crippen LogP contribution in [0.5, 0.6) is 0 Å². The fraction of sp³-hybridized carbons (Fsp3) is 0.417. The van der Waals surface area contributed by atoms with Gasteiger partial charge in [0, 0.05) is 30.0 Å². The Labute approximate surface area is 189 Å². The highest BCUT2D eigenvalue weighted by molar-refractivity contribution is 6.31. The molecule has 2 aromatic rings. The Kier molecular flexibility index (Phi) is 7.93. The van der Waals surface area contributed by atoms with Crippen LogP contribution in [0.2, 0.25) is 5.02 Å². The number of ketones is 1. The highest BCUT2D eigenvalue weighted by Gasteiger charge is 2.31. The summed E-state index contributed by atoms with van der Waals surface area (Å²) in [6, 6.07) is 12.0. The van der Waals surface area contributed by atoms with E-state index in [-0.39, 0.29) is 24.1 Å².